The summed E-state index contributed by atoms with van der Waals surface area (Å²) >= 11 is 0. The van der Waals surface area contributed by atoms with Gasteiger partial charge in [-0.25, -0.2) is 23.1 Å². The zero-order chi connectivity index (χ0) is 20.4. The Morgan fingerprint density at radius 1 is 1.36 bits per heavy atom. The summed E-state index contributed by atoms with van der Waals surface area (Å²) in [7, 11) is 1.47. The van der Waals surface area contributed by atoms with Crippen LogP contribution in [0.3, 0.4) is 0 Å². The van der Waals surface area contributed by atoms with E-state index >= 15 is 0 Å². The minimum absolute atomic E-state index is 0.0250. The Morgan fingerprint density at radius 2 is 2.11 bits per heavy atom. The Labute approximate surface area is 155 Å². The van der Waals surface area contributed by atoms with Crippen molar-refractivity contribution in [2.24, 2.45) is 4.99 Å². The van der Waals surface area contributed by atoms with Crippen molar-refractivity contribution in [3.63, 3.8) is 0 Å². The molecule has 3 aromatic heterocycles. The van der Waals surface area contributed by atoms with Crippen LogP contribution in [-0.2, 0) is 4.74 Å². The number of aromatic nitrogens is 4. The molecule has 148 valence electrons. The topological polar surface area (TPSA) is 106 Å². The van der Waals surface area contributed by atoms with E-state index < -0.39 is 30.2 Å². The highest BCUT2D eigenvalue weighted by atomic mass is 19.3. The van der Waals surface area contributed by atoms with Gasteiger partial charge in [0.15, 0.2) is 5.65 Å². The Bertz CT molecular complexity index is 1090. The fourth-order valence-corrected chi connectivity index (χ4v) is 2.46. The molecule has 3 rings (SSSR count). The maximum absolute atomic E-state index is 14.3. The van der Waals surface area contributed by atoms with E-state index in [2.05, 4.69) is 20.4 Å². The third-order valence-corrected chi connectivity index (χ3v) is 3.91. The molecular formula is C16H15F3N6O3. The second-order valence-electron chi connectivity index (χ2n) is 5.65. The molecule has 0 aliphatic carbocycles. The van der Waals surface area contributed by atoms with Crippen molar-refractivity contribution < 1.29 is 27.9 Å². The Kier molecular flexibility index (Phi) is 5.31. The molecule has 3 aromatic rings. The molecule has 0 unspecified atom stereocenters. The van der Waals surface area contributed by atoms with Gasteiger partial charge in [-0.1, -0.05) is 0 Å². The number of carbonyl (C=O) groups excluding carboxylic acids is 1. The first-order valence-corrected chi connectivity index (χ1v) is 7.93. The van der Waals surface area contributed by atoms with E-state index in [0.29, 0.717) is 5.69 Å². The van der Waals surface area contributed by atoms with Crippen LogP contribution in [0.2, 0.25) is 0 Å². The van der Waals surface area contributed by atoms with Crippen molar-refractivity contribution in [3.8, 4) is 0 Å². The highest BCUT2D eigenvalue weighted by Gasteiger charge is 2.20. The van der Waals surface area contributed by atoms with Gasteiger partial charge in [0.2, 0.25) is 0 Å². The smallest absolute Gasteiger partial charge is 0.346 e. The number of carbonyl (C=O) groups is 1. The molecule has 2 N–H and O–H groups in total. The Balaban J connectivity index is 1.96. The molecular weight excluding hydrogens is 381 g/mol. The first-order chi connectivity index (χ1) is 13.3. The number of pyridine rings is 1. The second-order valence-corrected chi connectivity index (χ2v) is 5.65. The van der Waals surface area contributed by atoms with Gasteiger partial charge in [0.25, 0.3) is 12.4 Å². The van der Waals surface area contributed by atoms with E-state index in [1.54, 1.807) is 13.0 Å². The van der Waals surface area contributed by atoms with Crippen molar-refractivity contribution >= 4 is 17.4 Å². The largest absolute Gasteiger partial charge is 0.429 e. The van der Waals surface area contributed by atoms with Crippen LogP contribution in [0.5, 0.6) is 0 Å². The SMILES string of the molecule is CO[C@@H](C)c1ccnc2c(NC(=O)N=c3ccn(O)c(C(F)F)c3)c(F)nn12. The minimum Gasteiger partial charge on any atom is -0.429 e. The summed E-state index contributed by atoms with van der Waals surface area (Å²) in [5.41, 5.74) is -0.546. The Hall–Kier alpha value is -3.41. The number of halogens is 3. The minimum atomic E-state index is -2.98. The van der Waals surface area contributed by atoms with Crippen LogP contribution in [-0.4, -0.2) is 37.7 Å². The van der Waals surface area contributed by atoms with Crippen molar-refractivity contribution in [2.45, 2.75) is 19.5 Å². The van der Waals surface area contributed by atoms with Crippen molar-refractivity contribution in [3.05, 3.63) is 53.3 Å². The summed E-state index contributed by atoms with van der Waals surface area (Å²) in [6, 6.07) is 2.52. The van der Waals surface area contributed by atoms with Gasteiger partial charge in [-0.15, -0.1) is 5.10 Å². The Morgan fingerprint density at radius 3 is 2.79 bits per heavy atom. The predicted molar refractivity (Wildman–Crippen MR) is 89.5 cm³/mol. The van der Waals surface area contributed by atoms with Gasteiger partial charge in [-0.2, -0.15) is 14.1 Å². The molecule has 2 amide bonds. The summed E-state index contributed by atoms with van der Waals surface area (Å²) in [6.45, 7) is 1.73. The highest BCUT2D eigenvalue weighted by molar-refractivity contribution is 5.93. The van der Waals surface area contributed by atoms with Gasteiger partial charge >= 0.3 is 6.03 Å². The fraction of sp³-hybridized carbons (Fsp3) is 0.250. The fourth-order valence-electron chi connectivity index (χ4n) is 2.46. The van der Waals surface area contributed by atoms with Crippen molar-refractivity contribution in [1.29, 1.82) is 0 Å². The predicted octanol–water partition coefficient (Wildman–Crippen LogP) is 2.69. The molecule has 0 aliphatic rings. The van der Waals surface area contributed by atoms with Gasteiger partial charge in [0.05, 0.1) is 17.2 Å². The van der Waals surface area contributed by atoms with Crippen LogP contribution in [0.15, 0.2) is 35.6 Å². The molecule has 0 aliphatic heterocycles. The molecule has 0 bridgehead atoms. The number of hydrogen-bond acceptors (Lipinski definition) is 5. The summed E-state index contributed by atoms with van der Waals surface area (Å²) in [4.78, 5) is 19.7. The number of anilines is 1. The molecule has 3 heterocycles. The number of hydrogen-bond donors (Lipinski definition) is 2. The van der Waals surface area contributed by atoms with E-state index in [1.165, 1.54) is 17.8 Å². The molecule has 0 saturated carbocycles. The molecule has 0 aromatic carbocycles. The van der Waals surface area contributed by atoms with Crippen molar-refractivity contribution in [1.82, 2.24) is 19.3 Å². The van der Waals surface area contributed by atoms with Gasteiger partial charge < -0.3 is 9.94 Å². The van der Waals surface area contributed by atoms with Gasteiger partial charge in [-0.05, 0) is 25.1 Å². The number of ether oxygens (including phenoxy) is 1. The van der Waals surface area contributed by atoms with E-state index in [0.717, 1.165) is 18.3 Å². The molecule has 0 radical (unpaired) electrons. The van der Waals surface area contributed by atoms with E-state index in [1.807, 2.05) is 0 Å². The normalized spacial score (nSPS) is 13.3. The highest BCUT2D eigenvalue weighted by Crippen LogP contribution is 2.23. The lowest BCUT2D eigenvalue weighted by Gasteiger charge is -2.10. The van der Waals surface area contributed by atoms with Crippen LogP contribution in [0.4, 0.5) is 23.7 Å². The average molecular weight is 396 g/mol. The quantitative estimate of drug-likeness (QED) is 0.660. The number of nitrogens with zero attached hydrogens (tertiary/aromatic N) is 5. The van der Waals surface area contributed by atoms with Crippen LogP contribution in [0.1, 0.15) is 30.8 Å². The number of fused-ring (bicyclic) bond motifs is 1. The zero-order valence-electron chi connectivity index (χ0n) is 14.7. The number of urea groups is 1. The lowest BCUT2D eigenvalue weighted by molar-refractivity contribution is 0.0927. The first-order valence-electron chi connectivity index (χ1n) is 7.93. The van der Waals surface area contributed by atoms with Crippen LogP contribution in [0.25, 0.3) is 5.65 Å². The molecule has 1 atom stereocenters. The first kappa shape index (κ1) is 19.4. The number of amides is 2. The van der Waals surface area contributed by atoms with E-state index in [-0.39, 0.29) is 21.4 Å². The molecule has 0 spiro atoms. The lowest BCUT2D eigenvalue weighted by Crippen LogP contribution is -2.16. The second kappa shape index (κ2) is 7.68. The standard InChI is InChI=1S/C16H15F3N6O3/c1-8(28-2)10-3-5-20-15-12(14(19)23-25(10)15)22-16(26)21-9-4-6-24(27)11(7-9)13(17)18/h3-8,13,27H,1-2H3,(H,22,26)/t8-/m0/s1. The lowest BCUT2D eigenvalue weighted by atomic mass is 10.3. The maximum atomic E-state index is 14.3. The molecule has 0 fully saturated rings. The van der Waals surface area contributed by atoms with E-state index in [9.17, 15) is 23.2 Å². The number of nitrogens with one attached hydrogen (secondary N) is 1. The summed E-state index contributed by atoms with van der Waals surface area (Å²) in [5, 5.41) is 15.1. The summed E-state index contributed by atoms with van der Waals surface area (Å²) < 4.78 is 46.5. The number of alkyl halides is 2. The van der Waals surface area contributed by atoms with Crippen LogP contribution >= 0.6 is 0 Å². The summed E-state index contributed by atoms with van der Waals surface area (Å²) in [5.74, 6) is -0.999. The molecule has 28 heavy (non-hydrogen) atoms. The number of rotatable bonds is 4. The van der Waals surface area contributed by atoms with Gasteiger partial charge in [-0.3, -0.25) is 5.32 Å². The molecule has 9 nitrogen and oxygen atoms in total. The summed E-state index contributed by atoms with van der Waals surface area (Å²) in [6.07, 6.45) is -1.09. The van der Waals surface area contributed by atoms with Gasteiger partial charge in [0.1, 0.15) is 11.4 Å². The maximum Gasteiger partial charge on any atom is 0.346 e. The van der Waals surface area contributed by atoms with Crippen LogP contribution < -0.4 is 10.7 Å². The molecule has 0 saturated heterocycles. The number of methoxy groups -OCH3 is 1. The molecule has 12 heteroatoms. The third kappa shape index (κ3) is 3.67. The average Bonchev–Trinajstić information content (AvgIpc) is 2.97. The zero-order valence-corrected chi connectivity index (χ0v) is 14.7. The van der Waals surface area contributed by atoms with Crippen molar-refractivity contribution in [2.75, 3.05) is 12.4 Å². The van der Waals surface area contributed by atoms with E-state index in [4.69, 9.17) is 4.74 Å². The third-order valence-electron chi connectivity index (χ3n) is 3.91. The van der Waals surface area contributed by atoms with Gasteiger partial charge in [0, 0.05) is 19.5 Å². The monoisotopic (exact) mass is 396 g/mol. The van der Waals surface area contributed by atoms with Crippen LogP contribution in [0, 0.1) is 5.95 Å².